The number of aliphatic hydroxyl groups is 2. The molecule has 0 atom stereocenters. The fourth-order valence-electron chi connectivity index (χ4n) is 1.77. The third-order valence-corrected chi connectivity index (χ3v) is 3.89. The van der Waals surface area contributed by atoms with E-state index in [0.717, 1.165) is 0 Å². The van der Waals surface area contributed by atoms with Crippen molar-refractivity contribution in [1.29, 1.82) is 0 Å². The molecule has 0 aromatic heterocycles. The molecule has 5 nitrogen and oxygen atoms in total. The minimum atomic E-state index is -0.943. The summed E-state index contributed by atoms with van der Waals surface area (Å²) in [5.74, 6) is -0.185. The molecule has 0 aromatic rings. The quantitative estimate of drug-likeness (QED) is 0.485. The first-order valence-electron chi connectivity index (χ1n) is 6.24. The van der Waals surface area contributed by atoms with Crippen molar-refractivity contribution in [3.63, 3.8) is 0 Å². The van der Waals surface area contributed by atoms with E-state index >= 15 is 0 Å². The van der Waals surface area contributed by atoms with Gasteiger partial charge in [-0.1, -0.05) is 20.8 Å². The van der Waals surface area contributed by atoms with Gasteiger partial charge in [0.2, 0.25) is 5.91 Å². The second-order valence-electron chi connectivity index (χ2n) is 4.60. The van der Waals surface area contributed by atoms with E-state index in [2.05, 4.69) is 5.32 Å². The van der Waals surface area contributed by atoms with Gasteiger partial charge in [-0.25, -0.2) is 0 Å². The molecule has 0 rings (SSSR count). The largest absolute Gasteiger partial charge is 0.394 e. The molecule has 0 unspecified atom stereocenters. The van der Waals surface area contributed by atoms with E-state index in [9.17, 15) is 15.0 Å². The van der Waals surface area contributed by atoms with Gasteiger partial charge in [0.05, 0.1) is 24.2 Å². The van der Waals surface area contributed by atoms with E-state index in [1.165, 1.54) is 0 Å². The first kappa shape index (κ1) is 16.4. The Morgan fingerprint density at radius 3 is 1.82 bits per heavy atom. The zero-order valence-corrected chi connectivity index (χ0v) is 11.1. The van der Waals surface area contributed by atoms with Crippen molar-refractivity contribution in [1.82, 2.24) is 5.32 Å². The summed E-state index contributed by atoms with van der Waals surface area (Å²) in [6.07, 6.45) is 1.75. The van der Waals surface area contributed by atoms with Gasteiger partial charge in [-0.15, -0.1) is 0 Å². The summed E-state index contributed by atoms with van der Waals surface area (Å²) in [6.45, 7) is 5.36. The number of hydrogen-bond donors (Lipinski definition) is 4. The lowest BCUT2D eigenvalue weighted by atomic mass is 9.80. The molecule has 0 fully saturated rings. The fraction of sp³-hybridized carbons (Fsp3) is 0.917. The van der Waals surface area contributed by atoms with Crippen molar-refractivity contribution in [2.45, 2.75) is 45.6 Å². The maximum absolute atomic E-state index is 12.2. The Bertz CT molecular complexity index is 219. The van der Waals surface area contributed by atoms with Crippen LogP contribution in [0, 0.1) is 5.41 Å². The van der Waals surface area contributed by atoms with Crippen LogP contribution >= 0.6 is 0 Å². The summed E-state index contributed by atoms with van der Waals surface area (Å²) in [6, 6.07) is 0. The predicted molar refractivity (Wildman–Crippen MR) is 67.4 cm³/mol. The molecule has 0 aliphatic carbocycles. The van der Waals surface area contributed by atoms with E-state index in [1.54, 1.807) is 0 Å². The lowest BCUT2D eigenvalue weighted by Gasteiger charge is -2.36. The average Bonchev–Trinajstić information content (AvgIpc) is 2.39. The van der Waals surface area contributed by atoms with Crippen LogP contribution in [0.25, 0.3) is 0 Å². The number of hydrogen-bond acceptors (Lipinski definition) is 4. The molecule has 17 heavy (non-hydrogen) atoms. The summed E-state index contributed by atoms with van der Waals surface area (Å²) in [4.78, 5) is 12.2. The standard InChI is InChI=1S/C12H26N2O3/c1-4-11(5-2,7-13)10(17)14-12(6-3,8-15)9-16/h15-16H,4-9,13H2,1-3H3,(H,14,17). The van der Waals surface area contributed by atoms with Crippen molar-refractivity contribution in [3.8, 4) is 0 Å². The van der Waals surface area contributed by atoms with E-state index in [0.29, 0.717) is 19.3 Å². The highest BCUT2D eigenvalue weighted by Gasteiger charge is 2.38. The van der Waals surface area contributed by atoms with Crippen LogP contribution in [0.2, 0.25) is 0 Å². The molecule has 102 valence electrons. The maximum Gasteiger partial charge on any atom is 0.228 e. The van der Waals surface area contributed by atoms with Crippen LogP contribution in [-0.4, -0.2) is 41.4 Å². The Morgan fingerprint density at radius 2 is 1.59 bits per heavy atom. The highest BCUT2D eigenvalue weighted by atomic mass is 16.3. The number of rotatable bonds is 8. The molecule has 5 N–H and O–H groups in total. The summed E-state index contributed by atoms with van der Waals surface area (Å²) < 4.78 is 0. The van der Waals surface area contributed by atoms with Gasteiger partial charge in [0.15, 0.2) is 0 Å². The van der Waals surface area contributed by atoms with Crippen molar-refractivity contribution in [3.05, 3.63) is 0 Å². The second-order valence-corrected chi connectivity index (χ2v) is 4.60. The molecule has 0 radical (unpaired) electrons. The van der Waals surface area contributed by atoms with Gasteiger partial charge < -0.3 is 21.3 Å². The molecular formula is C12H26N2O3. The minimum absolute atomic E-state index is 0.185. The summed E-state index contributed by atoms with van der Waals surface area (Å²) in [7, 11) is 0. The van der Waals surface area contributed by atoms with Crippen molar-refractivity contribution >= 4 is 5.91 Å². The zero-order valence-electron chi connectivity index (χ0n) is 11.1. The lowest BCUT2D eigenvalue weighted by molar-refractivity contribution is -0.134. The van der Waals surface area contributed by atoms with Crippen molar-refractivity contribution < 1.29 is 15.0 Å². The second kappa shape index (κ2) is 6.93. The Morgan fingerprint density at radius 1 is 1.12 bits per heavy atom. The monoisotopic (exact) mass is 246 g/mol. The van der Waals surface area contributed by atoms with Crippen molar-refractivity contribution in [2.75, 3.05) is 19.8 Å². The van der Waals surface area contributed by atoms with Crippen molar-refractivity contribution in [2.24, 2.45) is 11.1 Å². The van der Waals surface area contributed by atoms with Crippen LogP contribution in [0.5, 0.6) is 0 Å². The fourth-order valence-corrected chi connectivity index (χ4v) is 1.77. The number of amides is 1. The number of carbonyl (C=O) groups excluding carboxylic acids is 1. The molecule has 0 heterocycles. The molecule has 0 bridgehead atoms. The molecule has 0 aliphatic rings. The topological polar surface area (TPSA) is 95.6 Å². The van der Waals surface area contributed by atoms with Crippen LogP contribution in [0.4, 0.5) is 0 Å². The highest BCUT2D eigenvalue weighted by molar-refractivity contribution is 5.83. The molecule has 5 heteroatoms. The maximum atomic E-state index is 12.2. The normalized spacial score (nSPS) is 12.6. The van der Waals surface area contributed by atoms with Gasteiger partial charge in [0, 0.05) is 6.54 Å². The predicted octanol–water partition coefficient (Wildman–Crippen LogP) is 0.00110. The number of nitrogens with two attached hydrogens (primary N) is 1. The number of carbonyl (C=O) groups is 1. The summed E-state index contributed by atoms with van der Waals surface area (Å²) >= 11 is 0. The Kier molecular flexibility index (Phi) is 6.67. The molecule has 0 aromatic carbocycles. The summed E-state index contributed by atoms with van der Waals surface area (Å²) in [5, 5.41) is 21.4. The van der Waals surface area contributed by atoms with Crippen LogP contribution in [-0.2, 0) is 4.79 Å². The van der Waals surface area contributed by atoms with E-state index in [1.807, 2.05) is 20.8 Å². The Hall–Kier alpha value is -0.650. The van der Waals surface area contributed by atoms with Gasteiger partial charge in [-0.3, -0.25) is 4.79 Å². The van der Waals surface area contributed by atoms with E-state index in [-0.39, 0.29) is 25.7 Å². The first-order valence-corrected chi connectivity index (χ1v) is 6.24. The highest BCUT2D eigenvalue weighted by Crippen LogP contribution is 2.26. The van der Waals surface area contributed by atoms with Gasteiger partial charge in [0.1, 0.15) is 0 Å². The van der Waals surface area contributed by atoms with E-state index in [4.69, 9.17) is 5.73 Å². The van der Waals surface area contributed by atoms with Gasteiger partial charge in [0.25, 0.3) is 0 Å². The third kappa shape index (κ3) is 3.40. The lowest BCUT2D eigenvalue weighted by Crippen LogP contribution is -2.58. The van der Waals surface area contributed by atoms with Crippen LogP contribution < -0.4 is 11.1 Å². The molecule has 0 aliphatic heterocycles. The number of aliphatic hydroxyl groups excluding tert-OH is 2. The molecule has 0 saturated heterocycles. The van der Waals surface area contributed by atoms with Gasteiger partial charge in [-0.05, 0) is 19.3 Å². The van der Waals surface area contributed by atoms with E-state index < -0.39 is 11.0 Å². The third-order valence-electron chi connectivity index (χ3n) is 3.89. The molecule has 1 amide bonds. The molecular weight excluding hydrogens is 220 g/mol. The Balaban J connectivity index is 4.92. The molecule has 0 saturated carbocycles. The summed E-state index contributed by atoms with van der Waals surface area (Å²) in [5.41, 5.74) is 4.14. The zero-order chi connectivity index (χ0) is 13.5. The van der Waals surface area contributed by atoms with Crippen LogP contribution in [0.1, 0.15) is 40.0 Å². The SMILES string of the molecule is CCC(CO)(CO)NC(=O)C(CC)(CC)CN. The minimum Gasteiger partial charge on any atom is -0.394 e. The first-order chi connectivity index (χ1) is 7.99. The van der Waals surface area contributed by atoms with Gasteiger partial charge >= 0.3 is 0 Å². The van der Waals surface area contributed by atoms with Crippen LogP contribution in [0.3, 0.4) is 0 Å². The smallest absolute Gasteiger partial charge is 0.228 e. The van der Waals surface area contributed by atoms with Gasteiger partial charge in [-0.2, -0.15) is 0 Å². The Labute approximate surface area is 103 Å². The number of nitrogens with one attached hydrogen (secondary N) is 1. The van der Waals surface area contributed by atoms with Crippen LogP contribution in [0.15, 0.2) is 0 Å². The average molecular weight is 246 g/mol. The molecule has 0 spiro atoms.